The smallest absolute Gasteiger partial charge is 0.336 e. The van der Waals surface area contributed by atoms with Gasteiger partial charge in [-0.3, -0.25) is 4.72 Å². The lowest BCUT2D eigenvalue weighted by molar-refractivity contribution is 0.0697. The van der Waals surface area contributed by atoms with Crippen molar-refractivity contribution in [2.75, 3.05) is 17.6 Å². The standard InChI is InChI=1S/C20H21N3O6S/c1-12(2)11-28-17-9-8-13(10-16(17)23-30(3,26)27)19-21-18(22-29-19)14-6-4-5-7-15(14)20(24)25/h4-10,12,23H,11H2,1-3H3,(H,24,25). The lowest BCUT2D eigenvalue weighted by Crippen LogP contribution is -2.12. The van der Waals surface area contributed by atoms with Crippen LogP contribution in [-0.2, 0) is 10.0 Å². The second-order valence-corrected chi connectivity index (χ2v) is 8.81. The first kappa shape index (κ1) is 21.3. The second kappa shape index (κ2) is 8.54. The predicted molar refractivity (Wildman–Crippen MR) is 111 cm³/mol. The third-order valence-corrected chi connectivity index (χ3v) is 4.51. The van der Waals surface area contributed by atoms with E-state index in [4.69, 9.17) is 9.26 Å². The zero-order valence-corrected chi connectivity index (χ0v) is 17.4. The molecule has 2 aromatic carbocycles. The van der Waals surface area contributed by atoms with Crippen LogP contribution in [0.2, 0.25) is 0 Å². The van der Waals surface area contributed by atoms with Gasteiger partial charge in [-0.2, -0.15) is 4.98 Å². The van der Waals surface area contributed by atoms with Crippen LogP contribution >= 0.6 is 0 Å². The summed E-state index contributed by atoms with van der Waals surface area (Å²) in [6.45, 7) is 4.37. The van der Waals surface area contributed by atoms with Crippen molar-refractivity contribution in [2.24, 2.45) is 5.92 Å². The average molecular weight is 431 g/mol. The number of hydrogen-bond donors (Lipinski definition) is 2. The Morgan fingerprint density at radius 3 is 2.63 bits per heavy atom. The van der Waals surface area contributed by atoms with Gasteiger partial charge in [0.2, 0.25) is 15.8 Å². The third kappa shape index (κ3) is 5.15. The van der Waals surface area contributed by atoms with Crippen LogP contribution in [0.1, 0.15) is 24.2 Å². The number of ether oxygens (including phenoxy) is 1. The summed E-state index contributed by atoms with van der Waals surface area (Å²) >= 11 is 0. The van der Waals surface area contributed by atoms with E-state index in [0.717, 1.165) is 6.26 Å². The minimum absolute atomic E-state index is 0.0433. The SMILES string of the molecule is CC(C)COc1ccc(-c2nc(-c3ccccc3C(=O)O)no2)cc1NS(C)(=O)=O. The van der Waals surface area contributed by atoms with Gasteiger partial charge in [0, 0.05) is 11.1 Å². The highest BCUT2D eigenvalue weighted by Crippen LogP contribution is 2.32. The fraction of sp³-hybridized carbons (Fsp3) is 0.250. The third-order valence-electron chi connectivity index (χ3n) is 3.92. The monoisotopic (exact) mass is 431 g/mol. The molecule has 1 aromatic heterocycles. The molecule has 0 bridgehead atoms. The molecule has 3 aromatic rings. The van der Waals surface area contributed by atoms with Crippen molar-refractivity contribution in [1.29, 1.82) is 0 Å². The molecule has 0 aliphatic heterocycles. The first-order valence-electron chi connectivity index (χ1n) is 9.05. The van der Waals surface area contributed by atoms with E-state index < -0.39 is 16.0 Å². The number of nitrogens with zero attached hydrogens (tertiary/aromatic N) is 2. The highest BCUT2D eigenvalue weighted by Gasteiger charge is 2.18. The normalized spacial score (nSPS) is 11.5. The van der Waals surface area contributed by atoms with Gasteiger partial charge >= 0.3 is 5.97 Å². The maximum atomic E-state index is 11.8. The fourth-order valence-electron chi connectivity index (χ4n) is 2.64. The molecule has 0 saturated carbocycles. The Morgan fingerprint density at radius 2 is 1.97 bits per heavy atom. The summed E-state index contributed by atoms with van der Waals surface area (Å²) in [5.41, 5.74) is 1.04. The lowest BCUT2D eigenvalue weighted by atomic mass is 10.1. The Kier molecular flexibility index (Phi) is 6.06. The van der Waals surface area contributed by atoms with Gasteiger partial charge in [0.15, 0.2) is 0 Å². The van der Waals surface area contributed by atoms with Crippen molar-refractivity contribution < 1.29 is 27.6 Å². The first-order valence-corrected chi connectivity index (χ1v) is 10.9. The lowest BCUT2D eigenvalue weighted by Gasteiger charge is -2.14. The van der Waals surface area contributed by atoms with Gasteiger partial charge in [-0.15, -0.1) is 0 Å². The molecule has 0 spiro atoms. The van der Waals surface area contributed by atoms with Gasteiger partial charge < -0.3 is 14.4 Å². The van der Waals surface area contributed by atoms with Gasteiger partial charge in [0.25, 0.3) is 5.89 Å². The number of carboxylic acids is 1. The highest BCUT2D eigenvalue weighted by atomic mass is 32.2. The van der Waals surface area contributed by atoms with E-state index in [-0.39, 0.29) is 28.9 Å². The Labute approximate surface area is 173 Å². The van der Waals surface area contributed by atoms with Crippen molar-refractivity contribution in [3.8, 4) is 28.6 Å². The summed E-state index contributed by atoms with van der Waals surface area (Å²) in [4.78, 5) is 15.7. The fourth-order valence-corrected chi connectivity index (χ4v) is 3.20. The molecule has 0 aliphatic carbocycles. The van der Waals surface area contributed by atoms with Crippen LogP contribution in [0.15, 0.2) is 47.0 Å². The molecule has 158 valence electrons. The number of anilines is 1. The Bertz CT molecular complexity index is 1170. The molecule has 0 unspecified atom stereocenters. The molecule has 0 saturated heterocycles. The van der Waals surface area contributed by atoms with Crippen LogP contribution in [0.3, 0.4) is 0 Å². The summed E-state index contributed by atoms with van der Waals surface area (Å²) in [5, 5.41) is 13.2. The minimum atomic E-state index is -3.55. The van der Waals surface area contributed by atoms with Gasteiger partial charge in [0.1, 0.15) is 5.75 Å². The molecule has 1 heterocycles. The number of hydrogen-bond acceptors (Lipinski definition) is 7. The highest BCUT2D eigenvalue weighted by molar-refractivity contribution is 7.92. The van der Waals surface area contributed by atoms with E-state index in [2.05, 4.69) is 14.9 Å². The van der Waals surface area contributed by atoms with Gasteiger partial charge in [-0.05, 0) is 30.2 Å². The molecular weight excluding hydrogens is 410 g/mol. The largest absolute Gasteiger partial charge is 0.491 e. The van der Waals surface area contributed by atoms with Crippen LogP contribution in [0.5, 0.6) is 5.75 Å². The average Bonchev–Trinajstić information content (AvgIpc) is 3.15. The summed E-state index contributed by atoms with van der Waals surface area (Å²) in [7, 11) is -3.55. The number of aromatic carboxylic acids is 1. The number of nitrogens with one attached hydrogen (secondary N) is 1. The summed E-state index contributed by atoms with van der Waals surface area (Å²) in [6, 6.07) is 11.1. The topological polar surface area (TPSA) is 132 Å². The number of sulfonamides is 1. The quantitative estimate of drug-likeness (QED) is 0.554. The van der Waals surface area contributed by atoms with E-state index >= 15 is 0 Å². The molecule has 0 amide bonds. The van der Waals surface area contributed by atoms with Gasteiger partial charge in [-0.25, -0.2) is 13.2 Å². The Morgan fingerprint density at radius 1 is 1.23 bits per heavy atom. The van der Waals surface area contributed by atoms with Crippen LogP contribution in [0.4, 0.5) is 5.69 Å². The van der Waals surface area contributed by atoms with Crippen LogP contribution in [-0.4, -0.2) is 42.5 Å². The zero-order valence-electron chi connectivity index (χ0n) is 16.6. The summed E-state index contributed by atoms with van der Waals surface area (Å²) in [6.07, 6.45) is 1.04. The molecule has 0 fully saturated rings. The molecule has 0 atom stereocenters. The van der Waals surface area contributed by atoms with Crippen LogP contribution in [0.25, 0.3) is 22.8 Å². The van der Waals surface area contributed by atoms with E-state index in [1.807, 2.05) is 13.8 Å². The van der Waals surface area contributed by atoms with Gasteiger partial charge in [0.05, 0.1) is 24.1 Å². The number of carbonyl (C=O) groups is 1. The number of aromatic nitrogens is 2. The van der Waals surface area contributed by atoms with Crippen molar-refractivity contribution >= 4 is 21.7 Å². The molecule has 9 nitrogen and oxygen atoms in total. The molecule has 0 aliphatic rings. The van der Waals surface area contributed by atoms with Crippen LogP contribution in [0, 0.1) is 5.92 Å². The van der Waals surface area contributed by atoms with E-state index in [0.29, 0.717) is 23.5 Å². The number of benzene rings is 2. The second-order valence-electron chi connectivity index (χ2n) is 7.06. The molecule has 0 radical (unpaired) electrons. The molecule has 3 rings (SSSR count). The molecule has 2 N–H and O–H groups in total. The predicted octanol–water partition coefficient (Wildman–Crippen LogP) is 3.51. The zero-order chi connectivity index (χ0) is 21.9. The Hall–Kier alpha value is -3.40. The molecular formula is C20H21N3O6S. The minimum Gasteiger partial charge on any atom is -0.491 e. The first-order chi connectivity index (χ1) is 14.1. The van der Waals surface area contributed by atoms with E-state index in [1.165, 1.54) is 12.1 Å². The van der Waals surface area contributed by atoms with Crippen LogP contribution < -0.4 is 9.46 Å². The van der Waals surface area contributed by atoms with Crippen molar-refractivity contribution in [1.82, 2.24) is 10.1 Å². The summed E-state index contributed by atoms with van der Waals surface area (Å²) < 4.78 is 36.9. The van der Waals surface area contributed by atoms with E-state index in [9.17, 15) is 18.3 Å². The van der Waals surface area contributed by atoms with E-state index in [1.54, 1.807) is 30.3 Å². The Balaban J connectivity index is 1.99. The summed E-state index contributed by atoms with van der Waals surface area (Å²) in [5.74, 6) is -0.265. The molecule has 10 heteroatoms. The molecule has 30 heavy (non-hydrogen) atoms. The van der Waals surface area contributed by atoms with Crippen molar-refractivity contribution in [3.63, 3.8) is 0 Å². The maximum Gasteiger partial charge on any atom is 0.336 e. The van der Waals surface area contributed by atoms with Crippen molar-refractivity contribution in [2.45, 2.75) is 13.8 Å². The number of carboxylic acid groups (broad SMARTS) is 1. The number of rotatable bonds is 8. The van der Waals surface area contributed by atoms with Gasteiger partial charge in [-0.1, -0.05) is 37.2 Å². The maximum absolute atomic E-state index is 11.8. The van der Waals surface area contributed by atoms with Crippen molar-refractivity contribution in [3.05, 3.63) is 48.0 Å².